The van der Waals surface area contributed by atoms with Crippen LogP contribution in [0.15, 0.2) is 0 Å². The smallest absolute Gasteiger partial charge is 0.0381 e. The van der Waals surface area contributed by atoms with Crippen molar-refractivity contribution in [2.75, 3.05) is 0 Å². The van der Waals surface area contributed by atoms with Gasteiger partial charge in [-0.1, -0.05) is 48.0 Å². The molecule has 5 atom stereocenters. The molecule has 0 N–H and O–H groups in total. The maximum absolute atomic E-state index is 2.48. The summed E-state index contributed by atoms with van der Waals surface area (Å²) in [6.45, 7) is 14.6. The Hall–Kier alpha value is 0. The van der Waals surface area contributed by atoms with Crippen LogP contribution in [0.2, 0.25) is 0 Å². The molecule has 1 aliphatic rings. The second-order valence-corrected chi connectivity index (χ2v) is 6.82. The highest BCUT2D eigenvalue weighted by Gasteiger charge is 2.31. The molecule has 0 aliphatic heterocycles. The van der Waals surface area contributed by atoms with Crippen LogP contribution in [-0.4, -0.2) is 0 Å². The minimum Gasteiger partial charge on any atom is -0.0651 e. The molecule has 1 saturated carbocycles. The first-order valence-corrected chi connectivity index (χ1v) is 7.45. The molecular weight excluding hydrogens is 192 g/mol. The molecule has 96 valence electrons. The van der Waals surface area contributed by atoms with E-state index in [1.807, 2.05) is 0 Å². The van der Waals surface area contributed by atoms with Crippen LogP contribution >= 0.6 is 0 Å². The molecule has 0 amide bonds. The normalized spacial score (nSPS) is 38.4. The molecule has 0 nitrogen and oxygen atoms in total. The lowest BCUT2D eigenvalue weighted by molar-refractivity contribution is 0.206. The minimum atomic E-state index is 0.850. The first-order chi connectivity index (χ1) is 7.45. The zero-order valence-electron chi connectivity index (χ0n) is 12.3. The van der Waals surface area contributed by atoms with E-state index in [0.29, 0.717) is 0 Å². The monoisotopic (exact) mass is 224 g/mol. The van der Waals surface area contributed by atoms with Crippen molar-refractivity contribution in [3.8, 4) is 0 Å². The second kappa shape index (κ2) is 6.07. The zero-order valence-corrected chi connectivity index (χ0v) is 12.3. The SMILES string of the molecule is CCC1CC(C(C)C(C)C)CC(C)CC1C. The molecule has 5 unspecified atom stereocenters. The van der Waals surface area contributed by atoms with Gasteiger partial charge in [0.2, 0.25) is 0 Å². The summed E-state index contributed by atoms with van der Waals surface area (Å²) in [6.07, 6.45) is 5.80. The maximum Gasteiger partial charge on any atom is -0.0381 e. The number of hydrogen-bond acceptors (Lipinski definition) is 0. The third-order valence-electron chi connectivity index (χ3n) is 5.21. The van der Waals surface area contributed by atoms with Crippen molar-refractivity contribution in [2.45, 2.75) is 67.2 Å². The third-order valence-corrected chi connectivity index (χ3v) is 5.21. The topological polar surface area (TPSA) is 0 Å². The van der Waals surface area contributed by atoms with Gasteiger partial charge in [-0.2, -0.15) is 0 Å². The van der Waals surface area contributed by atoms with Gasteiger partial charge in [0.1, 0.15) is 0 Å². The molecule has 1 fully saturated rings. The van der Waals surface area contributed by atoms with Gasteiger partial charge in [0.05, 0.1) is 0 Å². The van der Waals surface area contributed by atoms with Gasteiger partial charge in [-0.15, -0.1) is 0 Å². The Morgan fingerprint density at radius 2 is 1.62 bits per heavy atom. The van der Waals surface area contributed by atoms with Gasteiger partial charge in [-0.05, 0) is 54.8 Å². The van der Waals surface area contributed by atoms with Crippen molar-refractivity contribution in [1.29, 1.82) is 0 Å². The fourth-order valence-corrected chi connectivity index (χ4v) is 3.70. The van der Waals surface area contributed by atoms with E-state index < -0.39 is 0 Å². The van der Waals surface area contributed by atoms with E-state index in [1.165, 1.54) is 25.7 Å². The second-order valence-electron chi connectivity index (χ2n) is 6.82. The summed E-state index contributed by atoms with van der Waals surface area (Å²) in [5, 5.41) is 0. The van der Waals surface area contributed by atoms with Gasteiger partial charge in [0.15, 0.2) is 0 Å². The molecule has 0 aromatic rings. The first-order valence-electron chi connectivity index (χ1n) is 7.45. The Morgan fingerprint density at radius 1 is 1.00 bits per heavy atom. The molecule has 1 aliphatic carbocycles. The Kier molecular flexibility index (Phi) is 5.34. The van der Waals surface area contributed by atoms with E-state index in [9.17, 15) is 0 Å². The molecule has 0 heterocycles. The van der Waals surface area contributed by atoms with Crippen LogP contribution < -0.4 is 0 Å². The molecule has 0 heteroatoms. The highest BCUT2D eigenvalue weighted by molar-refractivity contribution is 4.81. The minimum absolute atomic E-state index is 0.850. The molecule has 0 aromatic carbocycles. The zero-order chi connectivity index (χ0) is 12.3. The molecule has 0 bridgehead atoms. The summed E-state index contributed by atoms with van der Waals surface area (Å²) < 4.78 is 0. The lowest BCUT2D eigenvalue weighted by Gasteiger charge is -2.29. The Balaban J connectivity index is 2.70. The Bertz CT molecular complexity index is 194. The largest absolute Gasteiger partial charge is 0.0651 e. The van der Waals surface area contributed by atoms with E-state index in [2.05, 4.69) is 41.5 Å². The van der Waals surface area contributed by atoms with E-state index >= 15 is 0 Å². The average molecular weight is 224 g/mol. The van der Waals surface area contributed by atoms with Crippen LogP contribution in [0.5, 0.6) is 0 Å². The van der Waals surface area contributed by atoms with Crippen molar-refractivity contribution < 1.29 is 0 Å². The van der Waals surface area contributed by atoms with Gasteiger partial charge >= 0.3 is 0 Å². The van der Waals surface area contributed by atoms with Crippen molar-refractivity contribution in [1.82, 2.24) is 0 Å². The Morgan fingerprint density at radius 3 is 2.12 bits per heavy atom. The summed E-state index contributed by atoms with van der Waals surface area (Å²) in [7, 11) is 0. The lowest BCUT2D eigenvalue weighted by Crippen LogP contribution is -2.20. The summed E-state index contributed by atoms with van der Waals surface area (Å²) >= 11 is 0. The van der Waals surface area contributed by atoms with Gasteiger partial charge in [-0.25, -0.2) is 0 Å². The van der Waals surface area contributed by atoms with Crippen LogP contribution in [0, 0.1) is 35.5 Å². The molecule has 16 heavy (non-hydrogen) atoms. The first kappa shape index (κ1) is 14.1. The van der Waals surface area contributed by atoms with Crippen LogP contribution in [0.25, 0.3) is 0 Å². The van der Waals surface area contributed by atoms with Gasteiger partial charge in [-0.3, -0.25) is 0 Å². The van der Waals surface area contributed by atoms with Crippen molar-refractivity contribution in [2.24, 2.45) is 35.5 Å². The van der Waals surface area contributed by atoms with Crippen molar-refractivity contribution in [3.63, 3.8) is 0 Å². The Labute approximate surface area is 103 Å². The van der Waals surface area contributed by atoms with E-state index in [1.54, 1.807) is 0 Å². The van der Waals surface area contributed by atoms with Crippen LogP contribution in [-0.2, 0) is 0 Å². The summed E-state index contributed by atoms with van der Waals surface area (Å²) in [6, 6.07) is 0. The summed E-state index contributed by atoms with van der Waals surface area (Å²) in [5.41, 5.74) is 0. The van der Waals surface area contributed by atoms with Crippen LogP contribution in [0.1, 0.15) is 67.2 Å². The van der Waals surface area contributed by atoms with E-state index in [-0.39, 0.29) is 0 Å². The third kappa shape index (κ3) is 3.50. The molecule has 0 saturated heterocycles. The lowest BCUT2D eigenvalue weighted by atomic mass is 9.76. The quantitative estimate of drug-likeness (QED) is 0.565. The van der Waals surface area contributed by atoms with Gasteiger partial charge in [0, 0.05) is 0 Å². The number of rotatable bonds is 3. The predicted molar refractivity (Wildman–Crippen MR) is 73.5 cm³/mol. The summed E-state index contributed by atoms with van der Waals surface area (Å²) in [4.78, 5) is 0. The highest BCUT2D eigenvalue weighted by Crippen LogP contribution is 2.41. The standard InChI is InChI=1S/C16H32/c1-7-15-10-16(14(6)11(2)3)9-12(4)8-13(15)5/h11-16H,7-10H2,1-6H3. The van der Waals surface area contributed by atoms with Crippen molar-refractivity contribution >= 4 is 0 Å². The molecule has 0 spiro atoms. The predicted octanol–water partition coefficient (Wildman–Crippen LogP) is 5.38. The highest BCUT2D eigenvalue weighted by atomic mass is 14.4. The van der Waals surface area contributed by atoms with E-state index in [0.717, 1.165) is 35.5 Å². The summed E-state index contributed by atoms with van der Waals surface area (Å²) in [5.74, 6) is 5.60. The van der Waals surface area contributed by atoms with Gasteiger partial charge < -0.3 is 0 Å². The average Bonchev–Trinajstić information content (AvgIpc) is 2.35. The molecule has 0 aromatic heterocycles. The van der Waals surface area contributed by atoms with Crippen molar-refractivity contribution in [3.05, 3.63) is 0 Å². The maximum atomic E-state index is 2.48. The van der Waals surface area contributed by atoms with E-state index in [4.69, 9.17) is 0 Å². The molecule has 1 rings (SSSR count). The molecular formula is C16H32. The fourth-order valence-electron chi connectivity index (χ4n) is 3.70. The van der Waals surface area contributed by atoms with Gasteiger partial charge in [0.25, 0.3) is 0 Å². The van der Waals surface area contributed by atoms with Crippen LogP contribution in [0.4, 0.5) is 0 Å². The molecule has 0 radical (unpaired) electrons. The fraction of sp³-hybridized carbons (Fsp3) is 1.00. The van der Waals surface area contributed by atoms with Crippen LogP contribution in [0.3, 0.4) is 0 Å². The number of hydrogen-bond donors (Lipinski definition) is 0.